The molecule has 0 spiro atoms. The fourth-order valence-electron chi connectivity index (χ4n) is 4.53. The summed E-state index contributed by atoms with van der Waals surface area (Å²) >= 11 is 4.28. The first-order valence-electron chi connectivity index (χ1n) is 10.9. The van der Waals surface area contributed by atoms with Crippen molar-refractivity contribution in [3.8, 4) is 0 Å². The van der Waals surface area contributed by atoms with Crippen LogP contribution in [0.4, 0.5) is 5.13 Å². The van der Waals surface area contributed by atoms with E-state index < -0.39 is 29.2 Å². The number of aromatic nitrogens is 2. The number of thioether (sulfide) groups is 1. The van der Waals surface area contributed by atoms with Crippen LogP contribution in [-0.2, 0) is 38.6 Å². The van der Waals surface area contributed by atoms with E-state index in [4.69, 9.17) is 10.6 Å². The Morgan fingerprint density at radius 2 is 2.17 bits per heavy atom. The Morgan fingerprint density at radius 3 is 2.89 bits per heavy atom. The highest BCUT2D eigenvalue weighted by Crippen LogP contribution is 2.40. The maximum atomic E-state index is 13.0. The van der Waals surface area contributed by atoms with Crippen molar-refractivity contribution in [3.05, 3.63) is 38.4 Å². The Morgan fingerprint density at radius 1 is 1.37 bits per heavy atom. The topological polar surface area (TPSA) is 151 Å². The van der Waals surface area contributed by atoms with Crippen LogP contribution >= 0.6 is 34.4 Å². The molecule has 0 aromatic carbocycles. The average molecular weight is 536 g/mol. The molecule has 35 heavy (non-hydrogen) atoms. The highest BCUT2D eigenvalue weighted by Gasteiger charge is 2.55. The van der Waals surface area contributed by atoms with Gasteiger partial charge in [-0.25, -0.2) is 9.78 Å². The van der Waals surface area contributed by atoms with Gasteiger partial charge >= 0.3 is 5.97 Å². The normalized spacial score (nSPS) is 21.8. The highest BCUT2D eigenvalue weighted by molar-refractivity contribution is 8.00. The third-order valence-corrected chi connectivity index (χ3v) is 9.22. The summed E-state index contributed by atoms with van der Waals surface area (Å²) in [6.45, 7) is 0.434. The van der Waals surface area contributed by atoms with Gasteiger partial charge in [-0.2, -0.15) is 4.57 Å². The molecule has 1 fully saturated rings. The Balaban J connectivity index is 1.35. The number of carboxylic acid groups (broad SMARTS) is 1. The van der Waals surface area contributed by atoms with E-state index in [0.717, 1.165) is 30.6 Å². The van der Waals surface area contributed by atoms with Crippen molar-refractivity contribution in [1.29, 1.82) is 0 Å². The number of rotatable bonds is 7. The highest BCUT2D eigenvalue weighted by atomic mass is 32.2. The molecule has 0 unspecified atom stereocenters. The molecule has 14 heteroatoms. The molecule has 5 rings (SSSR count). The van der Waals surface area contributed by atoms with Gasteiger partial charge in [0.1, 0.15) is 29.9 Å². The molecule has 1 saturated heterocycles. The van der Waals surface area contributed by atoms with Crippen LogP contribution in [0.5, 0.6) is 0 Å². The first kappa shape index (κ1) is 23.8. The molecule has 184 valence electrons. The summed E-state index contributed by atoms with van der Waals surface area (Å²) in [5, 5.41) is 17.7. The molecule has 1 aliphatic carbocycles. The average Bonchev–Trinajstić information content (AvgIpc) is 3.46. The van der Waals surface area contributed by atoms with Crippen LogP contribution in [0, 0.1) is 0 Å². The maximum absolute atomic E-state index is 13.0. The third kappa shape index (κ3) is 4.29. The standard InChI is InChI=1S/C21H22N6O5S3/c1-32-25-14(11-8-34-21(22)23-11)17(28)24-15-18(29)27-16(20(30)31)10(7-33-19(15)27)6-26-9-35-13-5-3-2-4-12(13)26/h8-9,15,19H,2-7H2,1H3,(H3-,22,23,24,28,30,31)/p+1/b25-14-/t15-,19-/m1/s1. The molecule has 2 aliphatic heterocycles. The molecule has 2 amide bonds. The molecule has 0 radical (unpaired) electrons. The molecule has 0 saturated carbocycles. The van der Waals surface area contributed by atoms with Crippen molar-refractivity contribution in [1.82, 2.24) is 15.2 Å². The minimum absolute atomic E-state index is 0.00515. The number of nitrogens with two attached hydrogens (primary N) is 1. The Labute approximate surface area is 212 Å². The summed E-state index contributed by atoms with van der Waals surface area (Å²) in [5.74, 6) is -1.82. The number of amides is 2. The van der Waals surface area contributed by atoms with E-state index in [1.807, 2.05) is 5.51 Å². The maximum Gasteiger partial charge on any atom is 0.352 e. The SMILES string of the molecule is CO/N=C(\C(=O)N[C@@H]1C(=O)N2C(C(=O)O)=C(C[n+]3csc4c3CCCC4)CS[C@H]12)c1csc(N)n1. The van der Waals surface area contributed by atoms with Crippen LogP contribution in [0.3, 0.4) is 0 Å². The first-order chi connectivity index (χ1) is 16.9. The number of carboxylic acids is 1. The number of oxime groups is 1. The van der Waals surface area contributed by atoms with Gasteiger partial charge in [0.15, 0.2) is 23.1 Å². The van der Waals surface area contributed by atoms with Crippen molar-refractivity contribution < 1.29 is 28.9 Å². The van der Waals surface area contributed by atoms with Gasteiger partial charge in [-0.15, -0.1) is 23.1 Å². The van der Waals surface area contributed by atoms with Gasteiger partial charge in [0.25, 0.3) is 11.8 Å². The number of β-lactam (4-membered cyclic amide) rings is 1. The summed E-state index contributed by atoms with van der Waals surface area (Å²) < 4.78 is 2.12. The second-order valence-electron chi connectivity index (χ2n) is 8.24. The molecule has 0 bridgehead atoms. The lowest BCUT2D eigenvalue weighted by Crippen LogP contribution is -2.71. The summed E-state index contributed by atoms with van der Waals surface area (Å²) in [4.78, 5) is 49.6. The zero-order valence-corrected chi connectivity index (χ0v) is 21.2. The quantitative estimate of drug-likeness (QED) is 0.203. The predicted octanol–water partition coefficient (Wildman–Crippen LogP) is 0.742. The Bertz CT molecular complexity index is 1270. The number of nitrogens with one attached hydrogen (secondary N) is 1. The van der Waals surface area contributed by atoms with Crippen LogP contribution in [-0.4, -0.2) is 62.8 Å². The van der Waals surface area contributed by atoms with E-state index in [1.165, 1.54) is 40.8 Å². The van der Waals surface area contributed by atoms with Crippen molar-refractivity contribution in [2.45, 2.75) is 43.6 Å². The lowest BCUT2D eigenvalue weighted by molar-refractivity contribution is -0.692. The van der Waals surface area contributed by atoms with Crippen LogP contribution in [0.25, 0.3) is 0 Å². The second-order valence-corrected chi connectivity index (χ2v) is 11.2. The van der Waals surface area contributed by atoms with Gasteiger partial charge < -0.3 is 21.0 Å². The van der Waals surface area contributed by atoms with Crippen LogP contribution in [0.2, 0.25) is 0 Å². The second kappa shape index (κ2) is 9.59. The van der Waals surface area contributed by atoms with E-state index in [9.17, 15) is 19.5 Å². The number of aryl methyl sites for hydroxylation is 1. The molecular formula is C21H23N6O5S3+. The number of hydrogen-bond acceptors (Lipinski definition) is 10. The third-order valence-electron chi connectivity index (χ3n) is 6.12. The van der Waals surface area contributed by atoms with E-state index >= 15 is 0 Å². The minimum atomic E-state index is -1.15. The van der Waals surface area contributed by atoms with Gasteiger partial charge in [0, 0.05) is 23.1 Å². The fourth-order valence-corrected chi connectivity index (χ4v) is 7.49. The van der Waals surface area contributed by atoms with Crippen molar-refractivity contribution in [2.24, 2.45) is 5.16 Å². The number of thiazole rings is 2. The fraction of sp³-hybridized carbons (Fsp3) is 0.429. The smallest absolute Gasteiger partial charge is 0.352 e. The molecular weight excluding hydrogens is 512 g/mol. The first-order valence-corrected chi connectivity index (χ1v) is 13.7. The van der Waals surface area contributed by atoms with Crippen molar-refractivity contribution in [3.63, 3.8) is 0 Å². The molecule has 2 atom stereocenters. The van der Waals surface area contributed by atoms with Crippen LogP contribution in [0.1, 0.15) is 29.1 Å². The molecule has 2 aromatic rings. The van der Waals surface area contributed by atoms with Crippen molar-refractivity contribution >= 4 is 63.1 Å². The summed E-state index contributed by atoms with van der Waals surface area (Å²) in [6.07, 6.45) is 4.34. The summed E-state index contributed by atoms with van der Waals surface area (Å²) in [6, 6.07) is -0.886. The van der Waals surface area contributed by atoms with Gasteiger partial charge in [0.2, 0.25) is 5.51 Å². The Hall–Kier alpha value is -2.97. The monoisotopic (exact) mass is 535 g/mol. The largest absolute Gasteiger partial charge is 0.477 e. The van der Waals surface area contributed by atoms with Crippen LogP contribution < -0.4 is 15.6 Å². The van der Waals surface area contributed by atoms with Gasteiger partial charge in [-0.1, -0.05) is 16.5 Å². The van der Waals surface area contributed by atoms with E-state index in [2.05, 4.69) is 20.0 Å². The van der Waals surface area contributed by atoms with Crippen molar-refractivity contribution in [2.75, 3.05) is 18.6 Å². The van der Waals surface area contributed by atoms with E-state index in [1.54, 1.807) is 16.7 Å². The number of nitrogen functional groups attached to an aromatic ring is 1. The zero-order valence-electron chi connectivity index (χ0n) is 18.7. The number of aliphatic carboxylic acids is 1. The van der Waals surface area contributed by atoms with Gasteiger partial charge in [0.05, 0.1) is 4.88 Å². The number of carbonyl (C=O) groups excluding carboxylic acids is 2. The summed E-state index contributed by atoms with van der Waals surface area (Å²) in [5.41, 5.74) is 9.78. The Kier molecular flexibility index (Phi) is 6.51. The number of anilines is 1. The number of fused-ring (bicyclic) bond motifs is 2. The predicted molar refractivity (Wildman–Crippen MR) is 131 cm³/mol. The molecule has 4 heterocycles. The summed E-state index contributed by atoms with van der Waals surface area (Å²) in [7, 11) is 1.30. The zero-order chi connectivity index (χ0) is 24.7. The van der Waals surface area contributed by atoms with E-state index in [-0.39, 0.29) is 22.2 Å². The van der Waals surface area contributed by atoms with Gasteiger partial charge in [-0.3, -0.25) is 14.5 Å². The number of carbonyl (C=O) groups is 3. The molecule has 3 aliphatic rings. The minimum Gasteiger partial charge on any atom is -0.477 e. The van der Waals surface area contributed by atoms with Crippen LogP contribution in [0.15, 0.2) is 27.3 Å². The van der Waals surface area contributed by atoms with E-state index in [0.29, 0.717) is 17.9 Å². The van der Waals surface area contributed by atoms with Gasteiger partial charge in [-0.05, 0) is 19.3 Å². The lowest BCUT2D eigenvalue weighted by Gasteiger charge is -2.49. The number of hydrogen-bond donors (Lipinski definition) is 3. The number of nitrogens with zero attached hydrogens (tertiary/aromatic N) is 4. The lowest BCUT2D eigenvalue weighted by atomic mass is 10.0. The molecule has 4 N–H and O–H groups in total. The molecule has 2 aromatic heterocycles. The molecule has 11 nitrogen and oxygen atoms in total.